The van der Waals surface area contributed by atoms with Crippen molar-refractivity contribution in [3.8, 4) is 0 Å². The van der Waals surface area contributed by atoms with E-state index in [-0.39, 0.29) is 0 Å². The van der Waals surface area contributed by atoms with Crippen LogP contribution in [-0.4, -0.2) is 16.6 Å². The van der Waals surface area contributed by atoms with Gasteiger partial charge in [0.1, 0.15) is 0 Å². The third kappa shape index (κ3) is 4.50. The molecule has 4 N–H and O–H groups in total. The van der Waals surface area contributed by atoms with E-state index in [4.69, 9.17) is 12.2 Å². The van der Waals surface area contributed by atoms with Crippen molar-refractivity contribution in [1.29, 1.82) is 0 Å². The first-order valence-electron chi connectivity index (χ1n) is 9.30. The van der Waals surface area contributed by atoms with Crippen molar-refractivity contribution in [2.24, 2.45) is 0 Å². The number of H-pyrrole nitrogens is 1. The lowest BCUT2D eigenvalue weighted by Gasteiger charge is -2.11. The lowest BCUT2D eigenvalue weighted by molar-refractivity contribution is 0.878. The van der Waals surface area contributed by atoms with Gasteiger partial charge in [-0.05, 0) is 66.7 Å². The summed E-state index contributed by atoms with van der Waals surface area (Å²) in [6, 6.07) is 26.5. The first-order chi connectivity index (χ1) is 13.8. The molecule has 0 fully saturated rings. The van der Waals surface area contributed by atoms with Crippen molar-refractivity contribution >= 4 is 45.3 Å². The van der Waals surface area contributed by atoms with Crippen LogP contribution < -0.4 is 16.0 Å². The number of hydrogen-bond acceptors (Lipinski definition) is 2. The van der Waals surface area contributed by atoms with Gasteiger partial charge in [0.05, 0.1) is 0 Å². The van der Waals surface area contributed by atoms with Crippen molar-refractivity contribution in [3.05, 3.63) is 90.6 Å². The topological polar surface area (TPSA) is 51.9 Å². The lowest BCUT2D eigenvalue weighted by Crippen LogP contribution is -2.30. The molecule has 0 aliphatic heterocycles. The van der Waals surface area contributed by atoms with Crippen molar-refractivity contribution < 1.29 is 0 Å². The van der Waals surface area contributed by atoms with Gasteiger partial charge in [0, 0.05) is 40.7 Å². The van der Waals surface area contributed by atoms with Gasteiger partial charge in [-0.3, -0.25) is 0 Å². The molecule has 5 heteroatoms. The summed E-state index contributed by atoms with van der Waals surface area (Å²) in [7, 11) is 0. The molecular formula is C23H22N4S. The molecule has 140 valence electrons. The second-order valence-electron chi connectivity index (χ2n) is 6.56. The second-order valence-corrected chi connectivity index (χ2v) is 6.97. The second kappa shape index (κ2) is 8.59. The highest BCUT2D eigenvalue weighted by atomic mass is 32.1. The molecule has 0 aliphatic rings. The van der Waals surface area contributed by atoms with Crippen LogP contribution in [0.25, 0.3) is 10.9 Å². The van der Waals surface area contributed by atoms with E-state index >= 15 is 0 Å². The minimum absolute atomic E-state index is 0.628. The summed E-state index contributed by atoms with van der Waals surface area (Å²) in [5.41, 5.74) is 5.53. The van der Waals surface area contributed by atoms with E-state index < -0.39 is 0 Å². The van der Waals surface area contributed by atoms with Gasteiger partial charge in [0.15, 0.2) is 5.11 Å². The predicted octanol–water partition coefficient (Wildman–Crippen LogP) is 5.44. The zero-order chi connectivity index (χ0) is 19.2. The summed E-state index contributed by atoms with van der Waals surface area (Å²) in [5, 5.41) is 11.8. The number of anilines is 3. The van der Waals surface area contributed by atoms with Gasteiger partial charge in [-0.1, -0.05) is 36.4 Å². The highest BCUT2D eigenvalue weighted by Gasteiger charge is 2.03. The Morgan fingerprint density at radius 2 is 1.46 bits per heavy atom. The van der Waals surface area contributed by atoms with Gasteiger partial charge >= 0.3 is 0 Å². The van der Waals surface area contributed by atoms with E-state index in [1.54, 1.807) is 0 Å². The van der Waals surface area contributed by atoms with E-state index in [1.165, 1.54) is 16.5 Å². The molecule has 0 radical (unpaired) electrons. The Morgan fingerprint density at radius 3 is 2.29 bits per heavy atom. The quantitative estimate of drug-likeness (QED) is 0.333. The normalized spacial score (nSPS) is 10.6. The predicted molar refractivity (Wildman–Crippen MR) is 122 cm³/mol. The fourth-order valence-corrected chi connectivity index (χ4v) is 3.37. The molecule has 0 bridgehead atoms. The van der Waals surface area contributed by atoms with E-state index in [0.717, 1.165) is 30.0 Å². The zero-order valence-corrected chi connectivity index (χ0v) is 16.2. The van der Waals surface area contributed by atoms with Gasteiger partial charge in [-0.2, -0.15) is 0 Å². The Balaban J connectivity index is 1.26. The number of rotatable bonds is 6. The Kier molecular flexibility index (Phi) is 5.54. The van der Waals surface area contributed by atoms with Crippen LogP contribution >= 0.6 is 12.2 Å². The Bertz CT molecular complexity index is 1050. The summed E-state index contributed by atoms with van der Waals surface area (Å²) in [6.07, 6.45) is 2.98. The number of para-hydroxylation sites is 2. The van der Waals surface area contributed by atoms with Crippen LogP contribution in [0.1, 0.15) is 5.56 Å². The van der Waals surface area contributed by atoms with Gasteiger partial charge in [0.25, 0.3) is 0 Å². The molecule has 1 aromatic heterocycles. The van der Waals surface area contributed by atoms with Crippen LogP contribution in [0.2, 0.25) is 0 Å². The van der Waals surface area contributed by atoms with Gasteiger partial charge in [-0.25, -0.2) is 0 Å². The molecule has 4 nitrogen and oxygen atoms in total. The summed E-state index contributed by atoms with van der Waals surface area (Å²) in [6.45, 7) is 0.779. The number of benzene rings is 3. The first kappa shape index (κ1) is 18.1. The maximum absolute atomic E-state index is 5.42. The summed E-state index contributed by atoms with van der Waals surface area (Å²) in [4.78, 5) is 3.31. The number of aromatic amines is 1. The van der Waals surface area contributed by atoms with E-state index in [9.17, 15) is 0 Å². The van der Waals surface area contributed by atoms with Crippen molar-refractivity contribution in [2.45, 2.75) is 6.42 Å². The highest BCUT2D eigenvalue weighted by molar-refractivity contribution is 7.80. The van der Waals surface area contributed by atoms with Gasteiger partial charge in [-0.15, -0.1) is 0 Å². The molecule has 1 heterocycles. The number of nitrogens with one attached hydrogen (secondary N) is 4. The third-order valence-corrected chi connectivity index (χ3v) is 4.81. The molecule has 0 unspecified atom stereocenters. The monoisotopic (exact) mass is 386 g/mol. The number of fused-ring (bicyclic) bond motifs is 1. The molecule has 0 atom stereocenters. The molecule has 4 rings (SSSR count). The number of aromatic nitrogens is 1. The third-order valence-electron chi connectivity index (χ3n) is 4.56. The van der Waals surface area contributed by atoms with Gasteiger partial charge in [0.2, 0.25) is 0 Å². The molecular weight excluding hydrogens is 364 g/mol. The summed E-state index contributed by atoms with van der Waals surface area (Å²) >= 11 is 5.42. The Morgan fingerprint density at radius 1 is 0.786 bits per heavy atom. The van der Waals surface area contributed by atoms with Crippen LogP contribution in [0.5, 0.6) is 0 Å². The minimum atomic E-state index is 0.628. The summed E-state index contributed by atoms with van der Waals surface area (Å²) < 4.78 is 0. The van der Waals surface area contributed by atoms with Crippen LogP contribution in [0.15, 0.2) is 85.1 Å². The molecule has 0 saturated carbocycles. The maximum Gasteiger partial charge on any atom is 0.170 e. The smallest absolute Gasteiger partial charge is 0.170 e. The maximum atomic E-state index is 5.42. The van der Waals surface area contributed by atoms with Crippen LogP contribution in [-0.2, 0) is 6.42 Å². The Labute approximate surface area is 170 Å². The molecule has 28 heavy (non-hydrogen) atoms. The highest BCUT2D eigenvalue weighted by Crippen LogP contribution is 2.19. The first-order valence-corrected chi connectivity index (χ1v) is 9.71. The van der Waals surface area contributed by atoms with E-state index in [1.807, 2.05) is 60.7 Å². The molecule has 0 amide bonds. The van der Waals surface area contributed by atoms with Crippen molar-refractivity contribution in [2.75, 3.05) is 17.2 Å². The summed E-state index contributed by atoms with van der Waals surface area (Å²) in [5.74, 6) is 0. The minimum Gasteiger partial charge on any atom is -0.362 e. The number of thiocarbonyl (C=S) groups is 1. The molecule has 3 aromatic carbocycles. The van der Waals surface area contributed by atoms with E-state index in [2.05, 4.69) is 45.3 Å². The molecule has 0 saturated heterocycles. The molecule has 0 aliphatic carbocycles. The molecule has 0 spiro atoms. The fraction of sp³-hybridized carbons (Fsp3) is 0.0870. The average molecular weight is 387 g/mol. The van der Waals surface area contributed by atoms with Gasteiger partial charge < -0.3 is 20.9 Å². The largest absolute Gasteiger partial charge is 0.362 e. The Hall–Kier alpha value is -3.31. The zero-order valence-electron chi connectivity index (χ0n) is 15.4. The average Bonchev–Trinajstić information content (AvgIpc) is 3.14. The van der Waals surface area contributed by atoms with Crippen molar-refractivity contribution in [3.63, 3.8) is 0 Å². The number of hydrogen-bond donors (Lipinski definition) is 4. The standard InChI is InChI=1S/C23H22N4S/c28-23(24-15-14-17-16-25-22-9-5-4-8-21(17)22)27-20-12-10-19(11-13-20)26-18-6-2-1-3-7-18/h1-13,16,25-26H,14-15H2,(H2,24,27,28). The van der Waals surface area contributed by atoms with E-state index in [0.29, 0.717) is 5.11 Å². The lowest BCUT2D eigenvalue weighted by atomic mass is 10.1. The molecule has 4 aromatic rings. The van der Waals surface area contributed by atoms with Crippen LogP contribution in [0.3, 0.4) is 0 Å². The fourth-order valence-electron chi connectivity index (χ4n) is 3.15. The SMILES string of the molecule is S=C(NCCc1c[nH]c2ccccc12)Nc1ccc(Nc2ccccc2)cc1. The van der Waals surface area contributed by atoms with Crippen LogP contribution in [0, 0.1) is 0 Å². The van der Waals surface area contributed by atoms with Crippen LogP contribution in [0.4, 0.5) is 17.1 Å². The van der Waals surface area contributed by atoms with Crippen molar-refractivity contribution in [1.82, 2.24) is 10.3 Å².